The molecule has 4 aromatic rings. The molecule has 2 aromatic heterocycles. The first-order valence-corrected chi connectivity index (χ1v) is 8.80. The summed E-state index contributed by atoms with van der Waals surface area (Å²) in [5.74, 6) is 0. The number of hydrogen-bond acceptors (Lipinski definition) is 6. The summed E-state index contributed by atoms with van der Waals surface area (Å²) in [5, 5.41) is 0.875. The second-order valence-corrected chi connectivity index (χ2v) is 6.09. The fraction of sp³-hybridized carbons (Fsp3) is 0.143. The van der Waals surface area contributed by atoms with Gasteiger partial charge in [-0.15, -0.1) is 0 Å². The van der Waals surface area contributed by atoms with Crippen molar-refractivity contribution in [2.75, 3.05) is 0 Å². The quantitative estimate of drug-likeness (QED) is 0.454. The Balaban J connectivity index is 0.000000126. The Morgan fingerprint density at radius 3 is 2.05 bits per heavy atom. The van der Waals surface area contributed by atoms with Crippen molar-refractivity contribution in [3.05, 3.63) is 47.5 Å². The molecular weight excluding hydrogens is 368 g/mol. The maximum absolute atomic E-state index is 4.14. The number of aryl methyl sites for hydroxylation is 1. The van der Waals surface area contributed by atoms with Crippen LogP contribution in [0.3, 0.4) is 0 Å². The lowest BCUT2D eigenvalue weighted by Crippen LogP contribution is -1.76. The molecule has 0 atom stereocenters. The van der Waals surface area contributed by atoms with Gasteiger partial charge in [-0.1, -0.05) is 28.1 Å². The molecule has 2 heterocycles. The highest BCUT2D eigenvalue weighted by molar-refractivity contribution is 9.08. The molecule has 0 aliphatic carbocycles. The smallest absolute Gasteiger partial charge is 0.105 e. The zero-order valence-electron chi connectivity index (χ0n) is 11.2. The van der Waals surface area contributed by atoms with Crippen molar-refractivity contribution in [2.45, 2.75) is 12.3 Å². The van der Waals surface area contributed by atoms with E-state index in [1.54, 1.807) is 0 Å². The van der Waals surface area contributed by atoms with Gasteiger partial charge in [0.15, 0.2) is 0 Å². The monoisotopic (exact) mass is 378 g/mol. The first-order valence-electron chi connectivity index (χ1n) is 6.22. The first-order chi connectivity index (χ1) is 10.3. The van der Waals surface area contributed by atoms with Gasteiger partial charge in [-0.3, -0.25) is 0 Å². The van der Waals surface area contributed by atoms with E-state index in [0.29, 0.717) is 0 Å². The average Bonchev–Trinajstić information content (AvgIpc) is 3.15. The fourth-order valence-electron chi connectivity index (χ4n) is 1.80. The molecule has 7 heteroatoms. The Kier molecular flexibility index (Phi) is 4.52. The highest BCUT2D eigenvalue weighted by Gasteiger charge is 1.98. The number of alkyl halides is 1. The molecule has 0 saturated heterocycles. The summed E-state index contributed by atoms with van der Waals surface area (Å²) in [5.41, 5.74) is 6.46. The number of benzene rings is 2. The third-order valence-corrected chi connectivity index (χ3v) is 4.64. The van der Waals surface area contributed by atoms with E-state index in [2.05, 4.69) is 46.4 Å². The fourth-order valence-corrected chi connectivity index (χ4v) is 3.19. The summed E-state index contributed by atoms with van der Waals surface area (Å²) in [6.07, 6.45) is 0. The molecule has 0 fully saturated rings. The van der Waals surface area contributed by atoms with Crippen molar-refractivity contribution >= 4 is 61.5 Å². The lowest BCUT2D eigenvalue weighted by atomic mass is 10.2. The van der Waals surface area contributed by atoms with Crippen molar-refractivity contribution in [3.63, 3.8) is 0 Å². The number of hydrogen-bond donors (Lipinski definition) is 0. The second kappa shape index (κ2) is 6.55. The molecule has 0 aliphatic rings. The van der Waals surface area contributed by atoms with Gasteiger partial charge in [0, 0.05) is 5.33 Å². The predicted molar refractivity (Wildman–Crippen MR) is 92.2 cm³/mol. The van der Waals surface area contributed by atoms with E-state index in [1.165, 1.54) is 34.6 Å². The number of nitrogens with zero attached hydrogens (tertiary/aromatic N) is 4. The van der Waals surface area contributed by atoms with Crippen LogP contribution in [0.25, 0.3) is 22.1 Å². The Morgan fingerprint density at radius 1 is 0.810 bits per heavy atom. The van der Waals surface area contributed by atoms with Crippen LogP contribution >= 0.6 is 39.4 Å². The Hall–Kier alpha value is -1.44. The van der Waals surface area contributed by atoms with Crippen LogP contribution in [0.4, 0.5) is 0 Å². The molecule has 0 saturated carbocycles. The van der Waals surface area contributed by atoms with Gasteiger partial charge < -0.3 is 0 Å². The Morgan fingerprint density at radius 2 is 1.38 bits per heavy atom. The molecule has 4 nitrogen and oxygen atoms in total. The topological polar surface area (TPSA) is 51.6 Å². The zero-order chi connectivity index (χ0) is 14.7. The molecule has 0 amide bonds. The van der Waals surface area contributed by atoms with Gasteiger partial charge in [0.1, 0.15) is 22.1 Å². The first kappa shape index (κ1) is 14.5. The van der Waals surface area contributed by atoms with Crippen LogP contribution < -0.4 is 0 Å². The zero-order valence-corrected chi connectivity index (χ0v) is 14.4. The SMILES string of the molecule is BrCc1ccc2nsnc2c1.Cc1ccc2nsnc2c1. The molecule has 0 unspecified atom stereocenters. The second-order valence-electron chi connectivity index (χ2n) is 4.48. The standard InChI is InChI=1S/C7H5BrN2S.C7H6N2S/c8-4-5-1-2-6-7(3-5)10-11-9-6;1-5-2-3-6-7(4-5)9-10-8-6/h1-3H,4H2;2-4H,1H3. The summed E-state index contributed by atoms with van der Waals surface area (Å²) in [6, 6.07) is 12.2. The minimum absolute atomic E-state index is 0.875. The van der Waals surface area contributed by atoms with Crippen molar-refractivity contribution in [1.29, 1.82) is 0 Å². The molecule has 21 heavy (non-hydrogen) atoms. The van der Waals surface area contributed by atoms with Crippen LogP contribution in [0.15, 0.2) is 36.4 Å². The van der Waals surface area contributed by atoms with E-state index < -0.39 is 0 Å². The highest BCUT2D eigenvalue weighted by atomic mass is 79.9. The van der Waals surface area contributed by atoms with Gasteiger partial charge in [-0.2, -0.15) is 17.5 Å². The minimum atomic E-state index is 0.875. The van der Waals surface area contributed by atoms with Crippen LogP contribution in [-0.4, -0.2) is 17.5 Å². The molecule has 0 radical (unpaired) electrons. The summed E-state index contributed by atoms with van der Waals surface area (Å²) >= 11 is 5.91. The van der Waals surface area contributed by atoms with Gasteiger partial charge in [-0.25, -0.2) is 0 Å². The van der Waals surface area contributed by atoms with Crippen LogP contribution in [0.5, 0.6) is 0 Å². The van der Waals surface area contributed by atoms with Crippen LogP contribution in [-0.2, 0) is 5.33 Å². The third-order valence-electron chi connectivity index (χ3n) is 2.88. The van der Waals surface area contributed by atoms with Crippen LogP contribution in [0, 0.1) is 6.92 Å². The maximum atomic E-state index is 4.14. The Labute approximate surface area is 138 Å². The maximum Gasteiger partial charge on any atom is 0.105 e. The number of fused-ring (bicyclic) bond motifs is 2. The van der Waals surface area contributed by atoms with E-state index in [1.807, 2.05) is 30.3 Å². The Bertz CT molecular complexity index is 871. The van der Waals surface area contributed by atoms with Crippen molar-refractivity contribution in [3.8, 4) is 0 Å². The number of aromatic nitrogens is 4. The van der Waals surface area contributed by atoms with Gasteiger partial charge in [0.2, 0.25) is 0 Å². The highest BCUT2D eigenvalue weighted by Crippen LogP contribution is 2.15. The lowest BCUT2D eigenvalue weighted by Gasteiger charge is -1.91. The summed E-state index contributed by atoms with van der Waals surface area (Å²) in [4.78, 5) is 0. The molecule has 106 valence electrons. The molecule has 0 N–H and O–H groups in total. The van der Waals surface area contributed by atoms with E-state index in [0.717, 1.165) is 27.4 Å². The molecular formula is C14H11BrN4S2. The molecule has 2 aromatic carbocycles. The summed E-state index contributed by atoms with van der Waals surface area (Å²) in [7, 11) is 0. The van der Waals surface area contributed by atoms with Crippen molar-refractivity contribution in [1.82, 2.24) is 17.5 Å². The van der Waals surface area contributed by atoms with E-state index in [4.69, 9.17) is 0 Å². The summed E-state index contributed by atoms with van der Waals surface area (Å²) < 4.78 is 16.4. The van der Waals surface area contributed by atoms with E-state index in [-0.39, 0.29) is 0 Å². The van der Waals surface area contributed by atoms with Crippen LogP contribution in [0.2, 0.25) is 0 Å². The van der Waals surface area contributed by atoms with Gasteiger partial charge >= 0.3 is 0 Å². The van der Waals surface area contributed by atoms with Gasteiger partial charge in [-0.05, 0) is 42.3 Å². The number of rotatable bonds is 1. The average molecular weight is 379 g/mol. The van der Waals surface area contributed by atoms with Crippen molar-refractivity contribution in [2.24, 2.45) is 0 Å². The van der Waals surface area contributed by atoms with Gasteiger partial charge in [0.05, 0.1) is 23.5 Å². The summed E-state index contributed by atoms with van der Waals surface area (Å²) in [6.45, 7) is 2.05. The van der Waals surface area contributed by atoms with E-state index >= 15 is 0 Å². The van der Waals surface area contributed by atoms with Crippen molar-refractivity contribution < 1.29 is 0 Å². The number of halogens is 1. The third kappa shape index (κ3) is 3.42. The molecule has 0 bridgehead atoms. The molecule has 4 rings (SSSR count). The molecule has 0 spiro atoms. The van der Waals surface area contributed by atoms with E-state index in [9.17, 15) is 0 Å². The largest absolute Gasteiger partial charge is 0.173 e. The lowest BCUT2D eigenvalue weighted by molar-refractivity contribution is 1.45. The minimum Gasteiger partial charge on any atom is -0.173 e. The van der Waals surface area contributed by atoms with Crippen LogP contribution in [0.1, 0.15) is 11.1 Å². The van der Waals surface area contributed by atoms with Gasteiger partial charge in [0.25, 0.3) is 0 Å². The molecule has 0 aliphatic heterocycles. The predicted octanol–water partition coefficient (Wildman–Crippen LogP) is 4.59. The normalized spacial score (nSPS) is 10.6.